The van der Waals surface area contributed by atoms with E-state index in [0.717, 1.165) is 48.2 Å². The second-order valence-corrected chi connectivity index (χ2v) is 6.22. The fraction of sp³-hybridized carbons (Fsp3) is 0.571. The number of aromatic nitrogens is 3. The maximum absolute atomic E-state index is 4.61. The van der Waals surface area contributed by atoms with Gasteiger partial charge in [0.05, 0.1) is 0 Å². The number of nitrogens with one attached hydrogen (secondary N) is 1. The van der Waals surface area contributed by atoms with Crippen molar-refractivity contribution in [2.45, 2.75) is 19.8 Å². The first-order valence-electron chi connectivity index (χ1n) is 7.24. The standard InChI is InChI=1S/C14H20BrN5/c1-2-16-9-11-5-7-19(8-6-11)14-17-13-4-3-12(15)10-20(13)18-14/h3-4,10-11,16H,2,5-9H2,1H3. The molecule has 5 nitrogen and oxygen atoms in total. The van der Waals surface area contributed by atoms with Crippen LogP contribution in [-0.4, -0.2) is 40.8 Å². The van der Waals surface area contributed by atoms with Crippen LogP contribution in [0.3, 0.4) is 0 Å². The summed E-state index contributed by atoms with van der Waals surface area (Å²) in [6.45, 7) is 6.45. The zero-order valence-electron chi connectivity index (χ0n) is 11.7. The number of hydrogen-bond acceptors (Lipinski definition) is 4. The smallest absolute Gasteiger partial charge is 0.245 e. The summed E-state index contributed by atoms with van der Waals surface area (Å²) >= 11 is 3.46. The Morgan fingerprint density at radius 1 is 1.35 bits per heavy atom. The van der Waals surface area contributed by atoms with Crippen LogP contribution in [-0.2, 0) is 0 Å². The molecular weight excluding hydrogens is 318 g/mol. The lowest BCUT2D eigenvalue weighted by atomic mass is 9.97. The van der Waals surface area contributed by atoms with E-state index in [9.17, 15) is 0 Å². The monoisotopic (exact) mass is 337 g/mol. The number of halogens is 1. The summed E-state index contributed by atoms with van der Waals surface area (Å²) < 4.78 is 2.86. The molecule has 0 atom stereocenters. The topological polar surface area (TPSA) is 45.5 Å². The van der Waals surface area contributed by atoms with Crippen molar-refractivity contribution >= 4 is 27.5 Å². The van der Waals surface area contributed by atoms with Crippen LogP contribution in [0.25, 0.3) is 5.65 Å². The molecule has 2 aromatic rings. The van der Waals surface area contributed by atoms with E-state index in [2.05, 4.69) is 43.2 Å². The molecule has 0 radical (unpaired) electrons. The molecule has 20 heavy (non-hydrogen) atoms. The van der Waals surface area contributed by atoms with E-state index < -0.39 is 0 Å². The molecule has 1 aliphatic rings. The molecule has 0 bridgehead atoms. The summed E-state index contributed by atoms with van der Waals surface area (Å²) in [5.41, 5.74) is 0.901. The van der Waals surface area contributed by atoms with Crippen molar-refractivity contribution in [3.63, 3.8) is 0 Å². The molecule has 0 aromatic carbocycles. The zero-order chi connectivity index (χ0) is 13.9. The lowest BCUT2D eigenvalue weighted by Gasteiger charge is -2.31. The molecule has 0 unspecified atom stereocenters. The molecule has 1 aliphatic heterocycles. The lowest BCUT2D eigenvalue weighted by Crippen LogP contribution is -2.37. The molecule has 0 aliphatic carbocycles. The van der Waals surface area contributed by atoms with Crippen LogP contribution >= 0.6 is 15.9 Å². The molecule has 0 amide bonds. The van der Waals surface area contributed by atoms with Gasteiger partial charge in [-0.1, -0.05) is 6.92 Å². The highest BCUT2D eigenvalue weighted by Gasteiger charge is 2.21. The summed E-state index contributed by atoms with van der Waals surface area (Å²) in [6, 6.07) is 3.98. The molecule has 108 valence electrons. The summed E-state index contributed by atoms with van der Waals surface area (Å²) in [4.78, 5) is 6.90. The van der Waals surface area contributed by atoms with Crippen molar-refractivity contribution < 1.29 is 0 Å². The molecule has 0 saturated carbocycles. The van der Waals surface area contributed by atoms with E-state index in [4.69, 9.17) is 0 Å². The van der Waals surface area contributed by atoms with Gasteiger partial charge in [-0.3, -0.25) is 0 Å². The van der Waals surface area contributed by atoms with Gasteiger partial charge in [0, 0.05) is 23.8 Å². The molecule has 1 saturated heterocycles. The Bertz CT molecular complexity index is 574. The Hall–Kier alpha value is -1.14. The van der Waals surface area contributed by atoms with Gasteiger partial charge in [0.1, 0.15) is 0 Å². The van der Waals surface area contributed by atoms with Gasteiger partial charge in [-0.15, -0.1) is 5.10 Å². The second kappa shape index (κ2) is 6.10. The van der Waals surface area contributed by atoms with Gasteiger partial charge in [0.2, 0.25) is 5.95 Å². The highest BCUT2D eigenvalue weighted by molar-refractivity contribution is 9.10. The summed E-state index contributed by atoms with van der Waals surface area (Å²) in [7, 11) is 0. The third-order valence-electron chi connectivity index (χ3n) is 3.86. The van der Waals surface area contributed by atoms with Crippen molar-refractivity contribution in [1.29, 1.82) is 0 Å². The maximum atomic E-state index is 4.61. The molecule has 3 rings (SSSR count). The Labute approximate surface area is 127 Å². The molecule has 3 heterocycles. The largest absolute Gasteiger partial charge is 0.339 e. The molecule has 1 fully saturated rings. The average molecular weight is 338 g/mol. The van der Waals surface area contributed by atoms with E-state index in [-0.39, 0.29) is 0 Å². The Kier molecular flexibility index (Phi) is 4.21. The van der Waals surface area contributed by atoms with Crippen molar-refractivity contribution in [3.8, 4) is 0 Å². The van der Waals surface area contributed by atoms with Crippen molar-refractivity contribution in [3.05, 3.63) is 22.8 Å². The third-order valence-corrected chi connectivity index (χ3v) is 4.33. The number of anilines is 1. The van der Waals surface area contributed by atoms with Gasteiger partial charge < -0.3 is 10.2 Å². The first-order chi connectivity index (χ1) is 9.76. The number of piperidine rings is 1. The third kappa shape index (κ3) is 2.96. The lowest BCUT2D eigenvalue weighted by molar-refractivity contribution is 0.384. The summed E-state index contributed by atoms with van der Waals surface area (Å²) in [5.74, 6) is 1.64. The van der Waals surface area contributed by atoms with Gasteiger partial charge >= 0.3 is 0 Å². The molecule has 6 heteroatoms. The summed E-state index contributed by atoms with van der Waals surface area (Å²) in [6.07, 6.45) is 4.38. The van der Waals surface area contributed by atoms with E-state index in [1.807, 2.05) is 22.8 Å². The number of nitrogens with zero attached hydrogens (tertiary/aromatic N) is 4. The highest BCUT2D eigenvalue weighted by Crippen LogP contribution is 2.21. The van der Waals surface area contributed by atoms with Crippen LogP contribution in [0.15, 0.2) is 22.8 Å². The van der Waals surface area contributed by atoms with Crippen molar-refractivity contribution in [2.24, 2.45) is 5.92 Å². The normalized spacial score (nSPS) is 17.0. The van der Waals surface area contributed by atoms with Crippen LogP contribution in [0.2, 0.25) is 0 Å². The molecule has 0 spiro atoms. The van der Waals surface area contributed by atoms with Gasteiger partial charge in [0.15, 0.2) is 5.65 Å². The van der Waals surface area contributed by atoms with Gasteiger partial charge in [-0.05, 0) is 59.9 Å². The fourth-order valence-electron chi connectivity index (χ4n) is 2.67. The molecular formula is C14H20BrN5. The Morgan fingerprint density at radius 2 is 2.15 bits per heavy atom. The first kappa shape index (κ1) is 13.8. The predicted molar refractivity (Wildman–Crippen MR) is 84.2 cm³/mol. The van der Waals surface area contributed by atoms with Crippen LogP contribution in [0.1, 0.15) is 19.8 Å². The van der Waals surface area contributed by atoms with Crippen molar-refractivity contribution in [1.82, 2.24) is 19.9 Å². The maximum Gasteiger partial charge on any atom is 0.245 e. The zero-order valence-corrected chi connectivity index (χ0v) is 13.3. The van der Waals surface area contributed by atoms with Crippen LogP contribution in [0.4, 0.5) is 5.95 Å². The number of pyridine rings is 1. The fourth-order valence-corrected chi connectivity index (χ4v) is 2.99. The van der Waals surface area contributed by atoms with Gasteiger partial charge in [-0.2, -0.15) is 4.98 Å². The second-order valence-electron chi connectivity index (χ2n) is 5.30. The minimum atomic E-state index is 0.789. The first-order valence-corrected chi connectivity index (χ1v) is 8.03. The Morgan fingerprint density at radius 3 is 2.90 bits per heavy atom. The van der Waals surface area contributed by atoms with E-state index >= 15 is 0 Å². The van der Waals surface area contributed by atoms with Crippen LogP contribution < -0.4 is 10.2 Å². The Balaban J connectivity index is 1.67. The van der Waals surface area contributed by atoms with Crippen LogP contribution in [0.5, 0.6) is 0 Å². The number of fused-ring (bicyclic) bond motifs is 1. The minimum Gasteiger partial charge on any atom is -0.339 e. The summed E-state index contributed by atoms with van der Waals surface area (Å²) in [5, 5.41) is 8.01. The molecule has 2 aromatic heterocycles. The van der Waals surface area contributed by atoms with E-state index in [0.29, 0.717) is 0 Å². The van der Waals surface area contributed by atoms with Crippen molar-refractivity contribution in [2.75, 3.05) is 31.1 Å². The van der Waals surface area contributed by atoms with Gasteiger partial charge in [-0.25, -0.2) is 4.52 Å². The molecule has 1 N–H and O–H groups in total. The predicted octanol–water partition coefficient (Wildman–Crippen LogP) is 2.32. The minimum absolute atomic E-state index is 0.789. The highest BCUT2D eigenvalue weighted by atomic mass is 79.9. The quantitative estimate of drug-likeness (QED) is 0.929. The average Bonchev–Trinajstić information content (AvgIpc) is 2.88. The van der Waals surface area contributed by atoms with E-state index in [1.54, 1.807) is 0 Å². The van der Waals surface area contributed by atoms with Gasteiger partial charge in [0.25, 0.3) is 0 Å². The number of rotatable bonds is 4. The SMILES string of the molecule is CCNCC1CCN(c2nc3ccc(Br)cn3n2)CC1. The van der Waals surface area contributed by atoms with Crippen LogP contribution in [0, 0.1) is 5.92 Å². The number of hydrogen-bond donors (Lipinski definition) is 1. The van der Waals surface area contributed by atoms with E-state index in [1.165, 1.54) is 12.8 Å².